The molecule has 0 aromatic heterocycles. The molecule has 1 atom stereocenters. The fourth-order valence-electron chi connectivity index (χ4n) is 0.730. The third kappa shape index (κ3) is 5.01. The summed E-state index contributed by atoms with van der Waals surface area (Å²) in [6, 6.07) is 0. The number of quaternary nitrogens is 1. The molecule has 11 heavy (non-hydrogen) atoms. The zero-order valence-corrected chi connectivity index (χ0v) is 7.62. The highest BCUT2D eigenvalue weighted by molar-refractivity contribution is 7.23. The molecule has 4 nitrogen and oxygen atoms in total. The predicted molar refractivity (Wildman–Crippen MR) is 41.5 cm³/mol. The van der Waals surface area contributed by atoms with Crippen LogP contribution in [-0.2, 0) is 9.36 Å². The van der Waals surface area contributed by atoms with Gasteiger partial charge in [0.15, 0.2) is 8.46 Å². The van der Waals surface area contributed by atoms with Gasteiger partial charge in [0.2, 0.25) is 0 Å². The number of likely N-dealkylation sites (N-methyl/N-ethyl adjacent to an activating group) is 1. The molecule has 0 fully saturated rings. The minimum Gasteiger partial charge on any atom is -0.386 e. The van der Waals surface area contributed by atoms with Gasteiger partial charge < -0.3 is 5.11 Å². The van der Waals surface area contributed by atoms with Crippen LogP contribution >= 0.6 is 8.46 Å². The molecule has 0 radical (unpaired) electrons. The molecule has 64 valence electrons. The van der Waals surface area contributed by atoms with Crippen molar-refractivity contribution in [3.63, 3.8) is 0 Å². The van der Waals surface area contributed by atoms with Crippen LogP contribution in [0.2, 0.25) is 0 Å². The molecule has 0 aromatic carbocycles. The fourth-order valence-corrected chi connectivity index (χ4v) is 1.02. The van der Waals surface area contributed by atoms with Gasteiger partial charge in [-0.1, -0.05) is 0 Å². The number of rotatable bonds is 5. The molecule has 0 rings (SSSR count). The van der Waals surface area contributed by atoms with Crippen LogP contribution in [0.15, 0.2) is 0 Å². The van der Waals surface area contributed by atoms with Crippen molar-refractivity contribution in [3.05, 3.63) is 0 Å². The van der Waals surface area contributed by atoms with Crippen molar-refractivity contribution in [1.82, 2.24) is 0 Å². The number of aliphatic hydroxyl groups is 1. The highest BCUT2D eigenvalue weighted by Gasteiger charge is 2.19. The van der Waals surface area contributed by atoms with Gasteiger partial charge in [0, 0.05) is 0 Å². The monoisotopic (exact) mass is 178 g/mol. The number of aliphatic hydroxyl groups excluding tert-OH is 1. The third-order valence-corrected chi connectivity index (χ3v) is 1.82. The summed E-state index contributed by atoms with van der Waals surface area (Å²) in [6.07, 6.45) is 0.259. The Balaban J connectivity index is 3.81. The SMILES string of the molecule is C[N+](C)(C=O)CC(O)CP=O. The number of carbonyl (C=O) groups is 1. The maximum absolute atomic E-state index is 10.3. The second-order valence-electron chi connectivity index (χ2n) is 3.03. The normalized spacial score (nSPS) is 14.8. The lowest BCUT2D eigenvalue weighted by Gasteiger charge is -2.22. The van der Waals surface area contributed by atoms with Crippen LogP contribution in [-0.4, -0.2) is 48.9 Å². The average Bonchev–Trinajstić information content (AvgIpc) is 1.87. The van der Waals surface area contributed by atoms with Crippen LogP contribution in [0.3, 0.4) is 0 Å². The number of nitrogens with zero attached hydrogens (tertiary/aromatic N) is 1. The van der Waals surface area contributed by atoms with E-state index in [-0.39, 0.29) is 19.1 Å². The van der Waals surface area contributed by atoms with Crippen LogP contribution in [0.25, 0.3) is 0 Å². The van der Waals surface area contributed by atoms with Crippen LogP contribution in [0.5, 0.6) is 0 Å². The highest BCUT2D eigenvalue weighted by Crippen LogP contribution is 2.01. The molecule has 0 spiro atoms. The fraction of sp³-hybridized carbons (Fsp3) is 0.833. The molecule has 0 saturated carbocycles. The molecule has 0 aliphatic carbocycles. The molecule has 1 unspecified atom stereocenters. The minimum atomic E-state index is -0.672. The molecular weight excluding hydrogens is 165 g/mol. The summed E-state index contributed by atoms with van der Waals surface area (Å²) in [6.45, 7) is 0.304. The summed E-state index contributed by atoms with van der Waals surface area (Å²) in [5, 5.41) is 9.13. The van der Waals surface area contributed by atoms with Gasteiger partial charge in [-0.3, -0.25) is 9.05 Å². The number of amides is 1. The number of carbonyl (C=O) groups excluding carboxylic acids is 1. The van der Waals surface area contributed by atoms with Crippen molar-refractivity contribution in [2.75, 3.05) is 26.8 Å². The molecule has 0 saturated heterocycles. The van der Waals surface area contributed by atoms with E-state index in [1.807, 2.05) is 0 Å². The van der Waals surface area contributed by atoms with E-state index in [9.17, 15) is 9.36 Å². The largest absolute Gasteiger partial charge is 0.386 e. The van der Waals surface area contributed by atoms with E-state index in [1.165, 1.54) is 0 Å². The third-order valence-electron chi connectivity index (χ3n) is 1.25. The predicted octanol–water partition coefficient (Wildman–Crippen LogP) is -0.128. The highest BCUT2D eigenvalue weighted by atomic mass is 31.1. The second kappa shape index (κ2) is 4.54. The first-order valence-corrected chi connectivity index (χ1v) is 4.28. The first kappa shape index (κ1) is 10.7. The van der Waals surface area contributed by atoms with Gasteiger partial charge in [0.1, 0.15) is 12.6 Å². The number of hydrogen-bond acceptors (Lipinski definition) is 3. The molecule has 0 heterocycles. The van der Waals surface area contributed by atoms with Crippen molar-refractivity contribution in [3.8, 4) is 0 Å². The molecule has 5 heteroatoms. The quantitative estimate of drug-likeness (QED) is 0.362. The van der Waals surface area contributed by atoms with Crippen LogP contribution in [0, 0.1) is 0 Å². The summed E-state index contributed by atoms with van der Waals surface area (Å²) in [4.78, 5) is 10.3. The first-order valence-electron chi connectivity index (χ1n) is 3.28. The summed E-state index contributed by atoms with van der Waals surface area (Å²) in [5.41, 5.74) is 0. The topological polar surface area (TPSA) is 54.4 Å². The summed E-state index contributed by atoms with van der Waals surface area (Å²) in [7, 11) is 3.27. The van der Waals surface area contributed by atoms with Crippen LogP contribution in [0.1, 0.15) is 0 Å². The first-order chi connectivity index (χ1) is 5.02. The molecule has 0 aliphatic rings. The van der Waals surface area contributed by atoms with E-state index in [1.54, 1.807) is 14.1 Å². The van der Waals surface area contributed by atoms with Gasteiger partial charge >= 0.3 is 6.41 Å². The zero-order chi connectivity index (χ0) is 8.91. The van der Waals surface area contributed by atoms with E-state index < -0.39 is 6.10 Å². The van der Waals surface area contributed by atoms with Crippen molar-refractivity contribution >= 4 is 14.9 Å². The molecule has 1 amide bonds. The van der Waals surface area contributed by atoms with Gasteiger partial charge in [0.25, 0.3) is 0 Å². The average molecular weight is 178 g/mol. The molecule has 0 bridgehead atoms. The van der Waals surface area contributed by atoms with Crippen LogP contribution in [0.4, 0.5) is 0 Å². The van der Waals surface area contributed by atoms with E-state index in [0.29, 0.717) is 6.54 Å². The van der Waals surface area contributed by atoms with Gasteiger partial charge in [-0.25, -0.2) is 4.79 Å². The molecule has 1 N–H and O–H groups in total. The Labute approximate surface area is 67.6 Å². The lowest BCUT2D eigenvalue weighted by atomic mass is 10.3. The van der Waals surface area contributed by atoms with Gasteiger partial charge in [-0.15, -0.1) is 0 Å². The minimum absolute atomic E-state index is 0.0828. The van der Waals surface area contributed by atoms with E-state index in [0.717, 1.165) is 6.41 Å². The smallest absolute Gasteiger partial charge is 0.301 e. The van der Waals surface area contributed by atoms with Crippen molar-refractivity contribution < 1.29 is 18.9 Å². The Hall–Kier alpha value is -0.310. The Morgan fingerprint density at radius 2 is 2.18 bits per heavy atom. The van der Waals surface area contributed by atoms with Crippen LogP contribution < -0.4 is 0 Å². The Morgan fingerprint density at radius 1 is 1.64 bits per heavy atom. The van der Waals surface area contributed by atoms with Crippen molar-refractivity contribution in [2.24, 2.45) is 0 Å². The standard InChI is InChI=1S/C6H13NO3P/c1-7(2,5-8)3-6(9)4-11-10/h5-6,9H,3-4H2,1-2H3/q+1. The summed E-state index contributed by atoms with van der Waals surface area (Å²) in [5.74, 6) is 0. The lowest BCUT2D eigenvalue weighted by molar-refractivity contribution is -0.807. The van der Waals surface area contributed by atoms with Gasteiger partial charge in [-0.05, 0) is 0 Å². The Morgan fingerprint density at radius 3 is 2.55 bits per heavy atom. The maximum Gasteiger partial charge on any atom is 0.301 e. The maximum atomic E-state index is 10.3. The lowest BCUT2D eigenvalue weighted by Crippen LogP contribution is -2.44. The van der Waals surface area contributed by atoms with Gasteiger partial charge in [0.05, 0.1) is 20.3 Å². The molecule has 0 aliphatic heterocycles. The molecular formula is C6H13NO3P+. The van der Waals surface area contributed by atoms with Crippen molar-refractivity contribution in [2.45, 2.75) is 6.10 Å². The Bertz CT molecular complexity index is 149. The molecule has 0 aromatic rings. The van der Waals surface area contributed by atoms with E-state index in [4.69, 9.17) is 5.11 Å². The number of hydrogen-bond donors (Lipinski definition) is 1. The summed E-state index contributed by atoms with van der Waals surface area (Å²) >= 11 is 0. The van der Waals surface area contributed by atoms with Gasteiger partial charge in [-0.2, -0.15) is 0 Å². The Kier molecular flexibility index (Phi) is 4.42. The zero-order valence-electron chi connectivity index (χ0n) is 6.73. The van der Waals surface area contributed by atoms with E-state index >= 15 is 0 Å². The summed E-state index contributed by atoms with van der Waals surface area (Å²) < 4.78 is 10.1. The second-order valence-corrected chi connectivity index (χ2v) is 3.66. The van der Waals surface area contributed by atoms with E-state index in [2.05, 4.69) is 0 Å². The van der Waals surface area contributed by atoms with Crippen molar-refractivity contribution in [1.29, 1.82) is 0 Å².